The first kappa shape index (κ1) is 14.8. The number of nitrogens with zero attached hydrogens (tertiary/aromatic N) is 1. The third-order valence-corrected chi connectivity index (χ3v) is 5.19. The van der Waals surface area contributed by atoms with Crippen LogP contribution in [-0.2, 0) is 4.74 Å². The van der Waals surface area contributed by atoms with E-state index in [-0.39, 0.29) is 0 Å². The zero-order valence-corrected chi connectivity index (χ0v) is 13.6. The molecule has 1 saturated carbocycles. The number of anilines is 1. The molecular weight excluding hydrogens is 304 g/mol. The zero-order chi connectivity index (χ0) is 14.7. The zero-order valence-electron chi connectivity index (χ0n) is 12.1. The van der Waals surface area contributed by atoms with Gasteiger partial charge in [0.2, 0.25) is 0 Å². The fraction of sp³-hybridized carbons (Fsp3) is 0.438. The molecule has 1 aliphatic rings. The number of hydrogen-bond donors (Lipinski definition) is 1. The Labute approximate surface area is 134 Å². The summed E-state index contributed by atoms with van der Waals surface area (Å²) >= 11 is 7.85. The standard InChI is InChI=1S/C16H19ClN2OS/c1-20-9-8-16(6-7-16)11-18-15-19-14(10-21-15)12-4-2-3-5-13(12)17/h2-5,10H,6-9,11H2,1H3,(H,18,19). The lowest BCUT2D eigenvalue weighted by Crippen LogP contribution is -2.17. The molecule has 0 amide bonds. The first-order chi connectivity index (χ1) is 10.2. The summed E-state index contributed by atoms with van der Waals surface area (Å²) in [5, 5.41) is 7.24. The first-order valence-corrected chi connectivity index (χ1v) is 8.41. The van der Waals surface area contributed by atoms with Gasteiger partial charge in [0.05, 0.1) is 5.69 Å². The van der Waals surface area contributed by atoms with Crippen LogP contribution in [-0.4, -0.2) is 25.2 Å². The Morgan fingerprint density at radius 1 is 1.38 bits per heavy atom. The van der Waals surface area contributed by atoms with Crippen molar-refractivity contribution in [3.8, 4) is 11.3 Å². The van der Waals surface area contributed by atoms with Crippen molar-refractivity contribution in [1.82, 2.24) is 4.98 Å². The molecule has 5 heteroatoms. The summed E-state index contributed by atoms with van der Waals surface area (Å²) in [6.07, 6.45) is 3.69. The maximum Gasteiger partial charge on any atom is 0.183 e. The number of ether oxygens (including phenoxy) is 1. The molecule has 1 aromatic heterocycles. The average Bonchev–Trinajstić information content (AvgIpc) is 3.12. The summed E-state index contributed by atoms with van der Waals surface area (Å²) in [4.78, 5) is 4.64. The quantitative estimate of drug-likeness (QED) is 0.802. The van der Waals surface area contributed by atoms with Crippen LogP contribution in [0.3, 0.4) is 0 Å². The molecule has 112 valence electrons. The van der Waals surface area contributed by atoms with Gasteiger partial charge in [0.1, 0.15) is 0 Å². The van der Waals surface area contributed by atoms with Gasteiger partial charge in [-0.15, -0.1) is 11.3 Å². The molecule has 2 aromatic rings. The molecule has 0 radical (unpaired) electrons. The molecule has 0 bridgehead atoms. The van der Waals surface area contributed by atoms with Gasteiger partial charge in [-0.2, -0.15) is 0 Å². The molecule has 3 nitrogen and oxygen atoms in total. The molecule has 0 saturated heterocycles. The molecule has 3 rings (SSSR count). The summed E-state index contributed by atoms with van der Waals surface area (Å²) in [6, 6.07) is 7.82. The molecule has 1 N–H and O–H groups in total. The highest BCUT2D eigenvalue weighted by atomic mass is 35.5. The van der Waals surface area contributed by atoms with Crippen molar-refractivity contribution >= 4 is 28.1 Å². The largest absolute Gasteiger partial charge is 0.385 e. The highest BCUT2D eigenvalue weighted by Gasteiger charge is 2.41. The molecule has 0 unspecified atom stereocenters. The van der Waals surface area contributed by atoms with Gasteiger partial charge in [-0.25, -0.2) is 4.98 Å². The van der Waals surface area contributed by atoms with Gasteiger partial charge in [0.15, 0.2) is 5.13 Å². The van der Waals surface area contributed by atoms with Gasteiger partial charge < -0.3 is 10.1 Å². The lowest BCUT2D eigenvalue weighted by molar-refractivity contribution is 0.175. The van der Waals surface area contributed by atoms with Gasteiger partial charge in [-0.05, 0) is 30.7 Å². The van der Waals surface area contributed by atoms with Crippen molar-refractivity contribution in [1.29, 1.82) is 0 Å². The Balaban J connectivity index is 1.62. The van der Waals surface area contributed by atoms with Crippen molar-refractivity contribution in [2.75, 3.05) is 25.6 Å². The minimum Gasteiger partial charge on any atom is -0.385 e. The third-order valence-electron chi connectivity index (χ3n) is 4.06. The van der Waals surface area contributed by atoms with E-state index in [1.807, 2.05) is 24.3 Å². The fourth-order valence-corrected chi connectivity index (χ4v) is 3.36. The Morgan fingerprint density at radius 3 is 2.90 bits per heavy atom. The molecule has 1 fully saturated rings. The maximum atomic E-state index is 6.22. The van der Waals surface area contributed by atoms with Gasteiger partial charge in [-0.1, -0.05) is 29.8 Å². The summed E-state index contributed by atoms with van der Waals surface area (Å²) in [5.74, 6) is 0. The summed E-state index contributed by atoms with van der Waals surface area (Å²) in [5.41, 5.74) is 2.35. The normalized spacial score (nSPS) is 15.9. The van der Waals surface area contributed by atoms with E-state index in [9.17, 15) is 0 Å². The number of rotatable bonds is 7. The smallest absolute Gasteiger partial charge is 0.183 e. The monoisotopic (exact) mass is 322 g/mol. The molecular formula is C16H19ClN2OS. The maximum absolute atomic E-state index is 6.22. The molecule has 0 spiro atoms. The van der Waals surface area contributed by atoms with Crippen LogP contribution in [0.2, 0.25) is 5.02 Å². The molecule has 1 heterocycles. The van der Waals surface area contributed by atoms with E-state index in [1.165, 1.54) is 12.8 Å². The molecule has 1 aromatic carbocycles. The van der Waals surface area contributed by atoms with E-state index in [0.717, 1.165) is 41.0 Å². The van der Waals surface area contributed by atoms with Crippen molar-refractivity contribution in [2.24, 2.45) is 5.41 Å². The van der Waals surface area contributed by atoms with E-state index in [4.69, 9.17) is 16.3 Å². The SMILES string of the molecule is COCCC1(CNc2nc(-c3ccccc3Cl)cs2)CC1. The lowest BCUT2D eigenvalue weighted by atomic mass is 10.0. The van der Waals surface area contributed by atoms with E-state index < -0.39 is 0 Å². The average molecular weight is 323 g/mol. The predicted molar refractivity (Wildman–Crippen MR) is 89.2 cm³/mol. The van der Waals surface area contributed by atoms with Gasteiger partial charge in [0, 0.05) is 36.2 Å². The van der Waals surface area contributed by atoms with Gasteiger partial charge >= 0.3 is 0 Å². The number of methoxy groups -OCH3 is 1. The van der Waals surface area contributed by atoms with Crippen molar-refractivity contribution in [2.45, 2.75) is 19.3 Å². The van der Waals surface area contributed by atoms with Gasteiger partial charge in [-0.3, -0.25) is 0 Å². The number of halogens is 1. The number of nitrogens with one attached hydrogen (secondary N) is 1. The number of thiazole rings is 1. The van der Waals surface area contributed by atoms with Crippen LogP contribution >= 0.6 is 22.9 Å². The second-order valence-corrected chi connectivity index (χ2v) is 6.88. The van der Waals surface area contributed by atoms with Crippen molar-refractivity contribution < 1.29 is 4.74 Å². The second kappa shape index (κ2) is 6.34. The van der Waals surface area contributed by atoms with Crippen LogP contribution in [0.4, 0.5) is 5.13 Å². The highest BCUT2D eigenvalue weighted by molar-refractivity contribution is 7.14. The van der Waals surface area contributed by atoms with Gasteiger partial charge in [0.25, 0.3) is 0 Å². The number of benzene rings is 1. The van der Waals surface area contributed by atoms with Crippen LogP contribution in [0, 0.1) is 5.41 Å². The van der Waals surface area contributed by atoms with E-state index in [2.05, 4.69) is 15.7 Å². The van der Waals surface area contributed by atoms with Crippen molar-refractivity contribution in [3.05, 3.63) is 34.7 Å². The molecule has 1 aliphatic carbocycles. The first-order valence-electron chi connectivity index (χ1n) is 7.16. The van der Waals surface area contributed by atoms with Crippen LogP contribution in [0.15, 0.2) is 29.6 Å². The lowest BCUT2D eigenvalue weighted by Gasteiger charge is -2.14. The third kappa shape index (κ3) is 3.57. The van der Waals surface area contributed by atoms with E-state index >= 15 is 0 Å². The Morgan fingerprint density at radius 2 is 2.19 bits per heavy atom. The van der Waals surface area contributed by atoms with Crippen LogP contribution in [0.1, 0.15) is 19.3 Å². The molecule has 0 atom stereocenters. The van der Waals surface area contributed by atoms with E-state index in [1.54, 1.807) is 18.4 Å². The summed E-state index contributed by atoms with van der Waals surface area (Å²) in [6.45, 7) is 1.82. The van der Waals surface area contributed by atoms with Crippen LogP contribution in [0.25, 0.3) is 11.3 Å². The summed E-state index contributed by atoms with van der Waals surface area (Å²) in [7, 11) is 1.76. The van der Waals surface area contributed by atoms with Crippen molar-refractivity contribution in [3.63, 3.8) is 0 Å². The van der Waals surface area contributed by atoms with Crippen LogP contribution in [0.5, 0.6) is 0 Å². The van der Waals surface area contributed by atoms with Crippen LogP contribution < -0.4 is 5.32 Å². The Hall–Kier alpha value is -1.10. The van der Waals surface area contributed by atoms with E-state index in [0.29, 0.717) is 5.41 Å². The minimum absolute atomic E-state index is 0.423. The fourth-order valence-electron chi connectivity index (χ4n) is 2.42. The molecule has 21 heavy (non-hydrogen) atoms. The number of hydrogen-bond acceptors (Lipinski definition) is 4. The Kier molecular flexibility index (Phi) is 4.48. The minimum atomic E-state index is 0.423. The number of aromatic nitrogens is 1. The predicted octanol–water partition coefficient (Wildman–Crippen LogP) is 4.69. The second-order valence-electron chi connectivity index (χ2n) is 5.61. The summed E-state index contributed by atoms with van der Waals surface area (Å²) < 4.78 is 5.19. The highest BCUT2D eigenvalue weighted by Crippen LogP contribution is 2.48. The molecule has 0 aliphatic heterocycles. The Bertz CT molecular complexity index is 610. The topological polar surface area (TPSA) is 34.1 Å².